The molecule has 2 heterocycles. The zero-order valence-electron chi connectivity index (χ0n) is 14.7. The molecule has 0 N–H and O–H groups in total. The lowest BCUT2D eigenvalue weighted by Gasteiger charge is -2.24. The van der Waals surface area contributed by atoms with Crippen LogP contribution in [0.4, 0.5) is 0 Å². The first-order valence-corrected chi connectivity index (χ1v) is 9.05. The molecule has 2 aliphatic rings. The van der Waals surface area contributed by atoms with E-state index in [0.29, 0.717) is 12.0 Å². The van der Waals surface area contributed by atoms with Gasteiger partial charge in [0.25, 0.3) is 0 Å². The van der Waals surface area contributed by atoms with Crippen molar-refractivity contribution in [2.75, 3.05) is 20.1 Å². The Morgan fingerprint density at radius 2 is 1.92 bits per heavy atom. The van der Waals surface area contributed by atoms with E-state index in [1.54, 1.807) is 0 Å². The molecule has 1 aliphatic carbocycles. The number of benzene rings is 1. The van der Waals surface area contributed by atoms with Crippen molar-refractivity contribution in [1.29, 1.82) is 0 Å². The van der Waals surface area contributed by atoms with E-state index >= 15 is 0 Å². The Morgan fingerprint density at radius 3 is 2.67 bits per heavy atom. The highest BCUT2D eigenvalue weighted by atomic mass is 15.3. The van der Waals surface area contributed by atoms with Gasteiger partial charge in [0.05, 0.1) is 6.54 Å². The SMILES string of the molecule is CN(Cc1nnc(C2CC2)n1C)[C@H]1CCN(Cc2ccccc2)C1. The first kappa shape index (κ1) is 15.8. The van der Waals surface area contributed by atoms with Gasteiger partial charge in [-0.05, 0) is 31.9 Å². The van der Waals surface area contributed by atoms with Gasteiger partial charge in [-0.1, -0.05) is 30.3 Å². The lowest BCUT2D eigenvalue weighted by molar-refractivity contribution is 0.216. The van der Waals surface area contributed by atoms with E-state index in [9.17, 15) is 0 Å². The average Bonchev–Trinajstić information content (AvgIpc) is 3.22. The van der Waals surface area contributed by atoms with Crippen LogP contribution in [0.15, 0.2) is 30.3 Å². The maximum Gasteiger partial charge on any atom is 0.146 e. The van der Waals surface area contributed by atoms with Crippen LogP contribution < -0.4 is 0 Å². The lowest BCUT2D eigenvalue weighted by atomic mass is 10.2. The van der Waals surface area contributed by atoms with Crippen LogP contribution >= 0.6 is 0 Å². The molecular formula is C19H27N5. The van der Waals surface area contributed by atoms with Crippen LogP contribution in [-0.4, -0.2) is 50.7 Å². The fraction of sp³-hybridized carbons (Fsp3) is 0.579. The average molecular weight is 325 g/mol. The first-order chi connectivity index (χ1) is 11.7. The first-order valence-electron chi connectivity index (χ1n) is 9.05. The van der Waals surface area contributed by atoms with Gasteiger partial charge in [-0.3, -0.25) is 9.80 Å². The van der Waals surface area contributed by atoms with Gasteiger partial charge in [-0.15, -0.1) is 10.2 Å². The van der Waals surface area contributed by atoms with Gasteiger partial charge < -0.3 is 4.57 Å². The smallest absolute Gasteiger partial charge is 0.146 e. The molecule has 1 aromatic carbocycles. The van der Waals surface area contributed by atoms with Crippen molar-refractivity contribution >= 4 is 0 Å². The van der Waals surface area contributed by atoms with Gasteiger partial charge in [0.2, 0.25) is 0 Å². The van der Waals surface area contributed by atoms with Crippen molar-refractivity contribution in [3.8, 4) is 0 Å². The zero-order valence-corrected chi connectivity index (χ0v) is 14.7. The van der Waals surface area contributed by atoms with Crippen LogP contribution in [0.1, 0.15) is 42.4 Å². The monoisotopic (exact) mass is 325 g/mol. The van der Waals surface area contributed by atoms with Crippen LogP contribution in [0.2, 0.25) is 0 Å². The number of hydrogen-bond donors (Lipinski definition) is 0. The van der Waals surface area contributed by atoms with Crippen molar-refractivity contribution in [2.24, 2.45) is 7.05 Å². The molecule has 24 heavy (non-hydrogen) atoms. The third kappa shape index (κ3) is 3.37. The van der Waals surface area contributed by atoms with Gasteiger partial charge in [0.15, 0.2) is 0 Å². The van der Waals surface area contributed by atoms with Gasteiger partial charge in [-0.2, -0.15) is 0 Å². The minimum Gasteiger partial charge on any atom is -0.317 e. The van der Waals surface area contributed by atoms with E-state index in [-0.39, 0.29) is 0 Å². The molecule has 0 bridgehead atoms. The second kappa shape index (κ2) is 6.65. The highest BCUT2D eigenvalue weighted by molar-refractivity contribution is 5.14. The Labute approximate surface area is 144 Å². The molecule has 5 nitrogen and oxygen atoms in total. The fourth-order valence-corrected chi connectivity index (χ4v) is 3.72. The van der Waals surface area contributed by atoms with Crippen molar-refractivity contribution in [1.82, 2.24) is 24.6 Å². The molecule has 0 spiro atoms. The number of hydrogen-bond acceptors (Lipinski definition) is 4. The summed E-state index contributed by atoms with van der Waals surface area (Å²) in [5.74, 6) is 2.94. The van der Waals surface area contributed by atoms with Crippen LogP contribution in [0, 0.1) is 0 Å². The maximum absolute atomic E-state index is 4.43. The molecule has 0 unspecified atom stereocenters. The molecule has 2 aromatic rings. The minimum absolute atomic E-state index is 0.606. The molecule has 4 rings (SSSR count). The van der Waals surface area contributed by atoms with Gasteiger partial charge >= 0.3 is 0 Å². The van der Waals surface area contributed by atoms with Gasteiger partial charge in [0.1, 0.15) is 11.6 Å². The molecule has 128 valence electrons. The summed E-state index contributed by atoms with van der Waals surface area (Å²) < 4.78 is 2.21. The Bertz CT molecular complexity index is 676. The summed E-state index contributed by atoms with van der Waals surface area (Å²) in [6, 6.07) is 11.4. The van der Waals surface area contributed by atoms with E-state index in [2.05, 4.69) is 69.0 Å². The Hall–Kier alpha value is -1.72. The number of nitrogens with zero attached hydrogens (tertiary/aromatic N) is 5. The van der Waals surface area contributed by atoms with Crippen molar-refractivity contribution < 1.29 is 0 Å². The van der Waals surface area contributed by atoms with Crippen LogP contribution in [0.25, 0.3) is 0 Å². The van der Waals surface area contributed by atoms with E-state index < -0.39 is 0 Å². The molecule has 1 atom stereocenters. The molecule has 1 saturated heterocycles. The second-order valence-corrected chi connectivity index (χ2v) is 7.39. The van der Waals surface area contributed by atoms with Crippen molar-refractivity contribution in [3.05, 3.63) is 47.5 Å². The summed E-state index contributed by atoms with van der Waals surface area (Å²) in [5.41, 5.74) is 1.41. The normalized spacial score (nSPS) is 21.7. The lowest BCUT2D eigenvalue weighted by Crippen LogP contribution is -2.34. The molecule has 0 radical (unpaired) electrons. The summed E-state index contributed by atoms with van der Waals surface area (Å²) in [6.07, 6.45) is 3.79. The summed E-state index contributed by atoms with van der Waals surface area (Å²) in [5, 5.41) is 8.84. The molecule has 1 aliphatic heterocycles. The topological polar surface area (TPSA) is 37.2 Å². The van der Waals surface area contributed by atoms with Crippen molar-refractivity contribution in [3.63, 3.8) is 0 Å². The predicted molar refractivity (Wildman–Crippen MR) is 94.6 cm³/mol. The Morgan fingerprint density at radius 1 is 1.12 bits per heavy atom. The van der Waals surface area contributed by atoms with E-state index in [0.717, 1.165) is 25.5 Å². The standard InChI is InChI=1S/C19H27N5/c1-22(14-18-20-21-19(23(18)2)16-8-9-16)17-10-11-24(13-17)12-15-6-4-3-5-7-15/h3-7,16-17H,8-14H2,1-2H3/t17-/m0/s1. The summed E-state index contributed by atoms with van der Waals surface area (Å²) in [4.78, 5) is 5.01. The quantitative estimate of drug-likeness (QED) is 0.817. The highest BCUT2D eigenvalue weighted by Gasteiger charge is 2.30. The second-order valence-electron chi connectivity index (χ2n) is 7.39. The summed E-state index contributed by atoms with van der Waals surface area (Å²) in [6.45, 7) is 4.26. The maximum atomic E-state index is 4.43. The highest BCUT2D eigenvalue weighted by Crippen LogP contribution is 2.38. The van der Waals surface area contributed by atoms with Gasteiger partial charge in [0, 0.05) is 38.6 Å². The van der Waals surface area contributed by atoms with Crippen LogP contribution in [-0.2, 0) is 20.1 Å². The Balaban J connectivity index is 1.33. The predicted octanol–water partition coefficient (Wildman–Crippen LogP) is 2.40. The molecular weight excluding hydrogens is 298 g/mol. The largest absolute Gasteiger partial charge is 0.317 e. The number of rotatable bonds is 6. The van der Waals surface area contributed by atoms with Crippen LogP contribution in [0.5, 0.6) is 0 Å². The zero-order chi connectivity index (χ0) is 16.5. The van der Waals surface area contributed by atoms with E-state index in [1.807, 2.05) is 0 Å². The minimum atomic E-state index is 0.606. The fourth-order valence-electron chi connectivity index (χ4n) is 3.72. The molecule has 0 amide bonds. The van der Waals surface area contributed by atoms with E-state index in [1.165, 1.54) is 37.2 Å². The summed E-state index contributed by atoms with van der Waals surface area (Å²) in [7, 11) is 4.34. The van der Waals surface area contributed by atoms with Crippen LogP contribution in [0.3, 0.4) is 0 Å². The number of likely N-dealkylation sites (N-methyl/N-ethyl adjacent to an activating group) is 1. The molecule has 5 heteroatoms. The van der Waals surface area contributed by atoms with Gasteiger partial charge in [-0.25, -0.2) is 0 Å². The summed E-state index contributed by atoms with van der Waals surface area (Å²) >= 11 is 0. The molecule has 1 aromatic heterocycles. The molecule has 2 fully saturated rings. The number of likely N-dealkylation sites (tertiary alicyclic amines) is 1. The third-order valence-corrected chi connectivity index (χ3v) is 5.45. The van der Waals surface area contributed by atoms with E-state index in [4.69, 9.17) is 0 Å². The number of aromatic nitrogens is 3. The Kier molecular flexibility index (Phi) is 4.37. The molecule has 1 saturated carbocycles. The van der Waals surface area contributed by atoms with Crippen molar-refractivity contribution in [2.45, 2.75) is 44.3 Å². The third-order valence-electron chi connectivity index (χ3n) is 5.45.